The van der Waals surface area contributed by atoms with Crippen molar-refractivity contribution >= 4 is 29.0 Å². The van der Waals surface area contributed by atoms with Gasteiger partial charge < -0.3 is 19.8 Å². The summed E-state index contributed by atoms with van der Waals surface area (Å²) >= 11 is 5.29. The molecule has 1 heterocycles. The monoisotopic (exact) mass is 449 g/mol. The minimum absolute atomic E-state index is 0.0442. The SMILES string of the molecule is COCCCn1c(=S)[nH]c2cc(C(=O)NCc3ccc(OC(F)F)cc3)ccc2c1=O. The van der Waals surface area contributed by atoms with Gasteiger partial charge in [0.05, 0.1) is 10.9 Å². The van der Waals surface area contributed by atoms with Crippen molar-refractivity contribution in [2.24, 2.45) is 0 Å². The van der Waals surface area contributed by atoms with Crippen LogP contribution in [-0.4, -0.2) is 35.8 Å². The lowest BCUT2D eigenvalue weighted by molar-refractivity contribution is -0.0498. The van der Waals surface area contributed by atoms with Crippen molar-refractivity contribution in [1.29, 1.82) is 0 Å². The second-order valence-electron chi connectivity index (χ2n) is 6.70. The molecule has 10 heteroatoms. The molecule has 1 aromatic heterocycles. The number of carbonyl (C=O) groups excluding carboxylic acids is 1. The molecule has 0 aliphatic heterocycles. The average molecular weight is 449 g/mol. The summed E-state index contributed by atoms with van der Waals surface area (Å²) < 4.78 is 35.4. The number of halogens is 2. The first-order valence-corrected chi connectivity index (χ1v) is 9.87. The van der Waals surface area contributed by atoms with Gasteiger partial charge in [-0.15, -0.1) is 0 Å². The molecule has 0 bridgehead atoms. The van der Waals surface area contributed by atoms with Crippen molar-refractivity contribution in [2.75, 3.05) is 13.7 Å². The smallest absolute Gasteiger partial charge is 0.387 e. The van der Waals surface area contributed by atoms with Crippen LogP contribution in [0.15, 0.2) is 47.3 Å². The lowest BCUT2D eigenvalue weighted by Crippen LogP contribution is -2.24. The fourth-order valence-corrected chi connectivity index (χ4v) is 3.32. The van der Waals surface area contributed by atoms with Gasteiger partial charge in [-0.3, -0.25) is 14.2 Å². The summed E-state index contributed by atoms with van der Waals surface area (Å²) in [4.78, 5) is 28.2. The van der Waals surface area contributed by atoms with Gasteiger partial charge in [-0.2, -0.15) is 8.78 Å². The van der Waals surface area contributed by atoms with Gasteiger partial charge in [0, 0.05) is 32.4 Å². The van der Waals surface area contributed by atoms with Crippen molar-refractivity contribution in [3.8, 4) is 5.75 Å². The molecule has 3 rings (SSSR count). The molecule has 0 unspecified atom stereocenters. The lowest BCUT2D eigenvalue weighted by atomic mass is 10.1. The number of alkyl halides is 2. The zero-order chi connectivity index (χ0) is 22.4. The van der Waals surface area contributed by atoms with Gasteiger partial charge in [-0.25, -0.2) is 0 Å². The molecule has 1 amide bonds. The summed E-state index contributed by atoms with van der Waals surface area (Å²) in [5, 5.41) is 3.18. The van der Waals surface area contributed by atoms with E-state index in [0.717, 1.165) is 0 Å². The van der Waals surface area contributed by atoms with Crippen LogP contribution in [0.25, 0.3) is 10.9 Å². The fraction of sp³-hybridized carbons (Fsp3) is 0.286. The van der Waals surface area contributed by atoms with Gasteiger partial charge in [0.1, 0.15) is 5.75 Å². The first-order valence-electron chi connectivity index (χ1n) is 9.47. The zero-order valence-electron chi connectivity index (χ0n) is 16.7. The number of H-pyrrole nitrogens is 1. The summed E-state index contributed by atoms with van der Waals surface area (Å²) in [6.07, 6.45) is 0.648. The summed E-state index contributed by atoms with van der Waals surface area (Å²) in [5.41, 5.74) is 1.31. The Kier molecular flexibility index (Phi) is 7.48. The molecule has 0 radical (unpaired) electrons. The zero-order valence-corrected chi connectivity index (χ0v) is 17.5. The number of ether oxygens (including phenoxy) is 2. The number of aromatic nitrogens is 2. The van der Waals surface area contributed by atoms with Crippen molar-refractivity contribution < 1.29 is 23.0 Å². The Hall–Kier alpha value is -3.11. The summed E-state index contributed by atoms with van der Waals surface area (Å²) in [6, 6.07) is 10.7. The largest absolute Gasteiger partial charge is 0.435 e. The van der Waals surface area contributed by atoms with E-state index in [0.29, 0.717) is 41.6 Å². The molecule has 164 valence electrons. The van der Waals surface area contributed by atoms with Crippen molar-refractivity contribution in [2.45, 2.75) is 26.1 Å². The summed E-state index contributed by atoms with van der Waals surface area (Å²) in [7, 11) is 1.59. The van der Waals surface area contributed by atoms with Crippen LogP contribution in [-0.2, 0) is 17.8 Å². The normalized spacial score (nSPS) is 11.1. The quantitative estimate of drug-likeness (QED) is 0.385. The highest BCUT2D eigenvalue weighted by Gasteiger charge is 2.11. The summed E-state index contributed by atoms with van der Waals surface area (Å²) in [5.74, 6) is -0.305. The summed E-state index contributed by atoms with van der Waals surface area (Å²) in [6.45, 7) is -1.75. The number of fused-ring (bicyclic) bond motifs is 1. The third-order valence-electron chi connectivity index (χ3n) is 4.58. The lowest BCUT2D eigenvalue weighted by Gasteiger charge is -2.10. The number of amides is 1. The van der Waals surface area contributed by atoms with Crippen LogP contribution in [0.1, 0.15) is 22.3 Å². The molecule has 0 spiro atoms. The molecule has 0 saturated heterocycles. The molecule has 0 fully saturated rings. The number of hydrogen-bond acceptors (Lipinski definition) is 5. The minimum atomic E-state index is -2.89. The highest BCUT2D eigenvalue weighted by Crippen LogP contribution is 2.15. The third-order valence-corrected chi connectivity index (χ3v) is 4.90. The number of hydrogen-bond donors (Lipinski definition) is 2. The third kappa shape index (κ3) is 5.74. The molecule has 0 aliphatic carbocycles. The first-order chi connectivity index (χ1) is 14.9. The van der Waals surface area contributed by atoms with E-state index >= 15 is 0 Å². The molecule has 3 aromatic rings. The topological polar surface area (TPSA) is 85.3 Å². The molecule has 2 aromatic carbocycles. The Labute approximate surface area is 181 Å². The Morgan fingerprint density at radius 3 is 2.65 bits per heavy atom. The number of rotatable bonds is 9. The van der Waals surface area contributed by atoms with E-state index in [1.807, 2.05) is 0 Å². The van der Waals surface area contributed by atoms with Crippen LogP contribution in [0.5, 0.6) is 5.75 Å². The van der Waals surface area contributed by atoms with E-state index in [9.17, 15) is 18.4 Å². The van der Waals surface area contributed by atoms with Crippen LogP contribution >= 0.6 is 12.2 Å². The molecule has 0 atom stereocenters. The maximum Gasteiger partial charge on any atom is 0.387 e. The van der Waals surface area contributed by atoms with Crippen LogP contribution in [0, 0.1) is 4.77 Å². The predicted octanol–water partition coefficient (Wildman–Crippen LogP) is 3.63. The Morgan fingerprint density at radius 1 is 1.23 bits per heavy atom. The molecule has 2 N–H and O–H groups in total. The fourth-order valence-electron chi connectivity index (χ4n) is 3.04. The van der Waals surface area contributed by atoms with E-state index in [2.05, 4.69) is 15.0 Å². The van der Waals surface area contributed by atoms with E-state index < -0.39 is 6.61 Å². The van der Waals surface area contributed by atoms with Crippen molar-refractivity contribution in [3.05, 3.63) is 68.7 Å². The first kappa shape index (κ1) is 22.6. The number of benzene rings is 2. The van der Waals surface area contributed by atoms with E-state index in [1.54, 1.807) is 37.4 Å². The standard InChI is InChI=1S/C21H21F2N3O4S/c1-29-10-2-9-26-19(28)16-8-5-14(11-17(16)25-21(26)31)18(27)24-12-13-3-6-15(7-4-13)30-20(22)23/h3-8,11,20H,2,9-10,12H2,1H3,(H,24,27)(H,25,31). The second-order valence-corrected chi connectivity index (χ2v) is 7.09. The van der Waals surface area contributed by atoms with Gasteiger partial charge >= 0.3 is 6.61 Å². The van der Waals surface area contributed by atoms with Gasteiger partial charge in [0.25, 0.3) is 11.5 Å². The van der Waals surface area contributed by atoms with E-state index in [-0.39, 0.29) is 28.5 Å². The number of nitrogens with one attached hydrogen (secondary N) is 2. The molecular weight excluding hydrogens is 428 g/mol. The maximum atomic E-state index is 12.7. The van der Waals surface area contributed by atoms with Crippen LogP contribution < -0.4 is 15.6 Å². The second kappa shape index (κ2) is 10.3. The highest BCUT2D eigenvalue weighted by atomic mass is 32.1. The molecular formula is C21H21F2N3O4S. The Bertz CT molecular complexity index is 1180. The average Bonchev–Trinajstić information content (AvgIpc) is 2.74. The number of methoxy groups -OCH3 is 1. The molecule has 31 heavy (non-hydrogen) atoms. The van der Waals surface area contributed by atoms with Gasteiger partial charge in [-0.1, -0.05) is 12.1 Å². The van der Waals surface area contributed by atoms with Crippen molar-refractivity contribution in [3.63, 3.8) is 0 Å². The van der Waals surface area contributed by atoms with Crippen LogP contribution in [0.4, 0.5) is 8.78 Å². The van der Waals surface area contributed by atoms with Crippen LogP contribution in [0.2, 0.25) is 0 Å². The Balaban J connectivity index is 1.72. The number of nitrogens with zero attached hydrogens (tertiary/aromatic N) is 1. The number of carbonyl (C=O) groups is 1. The van der Waals surface area contributed by atoms with E-state index in [1.165, 1.54) is 16.7 Å². The number of aromatic amines is 1. The Morgan fingerprint density at radius 2 is 1.97 bits per heavy atom. The van der Waals surface area contributed by atoms with Gasteiger partial charge in [0.15, 0.2) is 4.77 Å². The highest BCUT2D eigenvalue weighted by molar-refractivity contribution is 7.71. The molecule has 7 nitrogen and oxygen atoms in total. The van der Waals surface area contributed by atoms with E-state index in [4.69, 9.17) is 17.0 Å². The van der Waals surface area contributed by atoms with Gasteiger partial charge in [-0.05, 0) is 54.5 Å². The van der Waals surface area contributed by atoms with Gasteiger partial charge in [0.2, 0.25) is 0 Å². The van der Waals surface area contributed by atoms with Crippen LogP contribution in [0.3, 0.4) is 0 Å². The van der Waals surface area contributed by atoms with Crippen molar-refractivity contribution in [1.82, 2.24) is 14.9 Å². The maximum absolute atomic E-state index is 12.7. The molecule has 0 aliphatic rings. The molecule has 0 saturated carbocycles. The minimum Gasteiger partial charge on any atom is -0.435 e. The predicted molar refractivity (Wildman–Crippen MR) is 114 cm³/mol.